The molecule has 0 radical (unpaired) electrons. The SMILES string of the molecule is Fc1ccccc1Nc1nc(N2CCCC2)c2ccccc2n1. The largest absolute Gasteiger partial charge is 0.356 e. The molecule has 4 rings (SSSR count). The van der Waals surface area contributed by atoms with E-state index in [-0.39, 0.29) is 5.82 Å². The van der Waals surface area contributed by atoms with Gasteiger partial charge in [0.15, 0.2) is 0 Å². The lowest BCUT2D eigenvalue weighted by molar-refractivity contribution is 0.631. The van der Waals surface area contributed by atoms with Gasteiger partial charge in [-0.15, -0.1) is 0 Å². The van der Waals surface area contributed by atoms with E-state index in [1.54, 1.807) is 18.2 Å². The van der Waals surface area contributed by atoms with Crippen LogP contribution in [-0.4, -0.2) is 23.1 Å². The third-order valence-corrected chi connectivity index (χ3v) is 4.11. The van der Waals surface area contributed by atoms with Crippen LogP contribution in [0.3, 0.4) is 0 Å². The smallest absolute Gasteiger partial charge is 0.229 e. The predicted octanol–water partition coefficient (Wildman–Crippen LogP) is 4.11. The monoisotopic (exact) mass is 308 g/mol. The van der Waals surface area contributed by atoms with Crippen LogP contribution in [0.4, 0.5) is 21.8 Å². The lowest BCUT2D eigenvalue weighted by Crippen LogP contribution is -2.20. The lowest BCUT2D eigenvalue weighted by atomic mass is 10.2. The van der Waals surface area contributed by atoms with Crippen molar-refractivity contribution in [1.82, 2.24) is 9.97 Å². The Morgan fingerprint density at radius 3 is 2.48 bits per heavy atom. The molecule has 0 bridgehead atoms. The third-order valence-electron chi connectivity index (χ3n) is 4.11. The number of nitrogens with zero attached hydrogens (tertiary/aromatic N) is 3. The van der Waals surface area contributed by atoms with E-state index in [0.717, 1.165) is 29.8 Å². The second-order valence-electron chi connectivity index (χ2n) is 5.69. The number of benzene rings is 2. The van der Waals surface area contributed by atoms with Gasteiger partial charge in [-0.3, -0.25) is 0 Å². The van der Waals surface area contributed by atoms with Crippen LogP contribution in [0.2, 0.25) is 0 Å². The Morgan fingerprint density at radius 1 is 0.913 bits per heavy atom. The average molecular weight is 308 g/mol. The molecule has 4 nitrogen and oxygen atoms in total. The molecule has 5 heteroatoms. The number of halogens is 1. The number of hydrogen-bond acceptors (Lipinski definition) is 4. The van der Waals surface area contributed by atoms with Gasteiger partial charge in [0.2, 0.25) is 5.95 Å². The fourth-order valence-electron chi connectivity index (χ4n) is 2.97. The highest BCUT2D eigenvalue weighted by atomic mass is 19.1. The molecule has 3 aromatic rings. The molecule has 1 aliphatic rings. The standard InChI is InChI=1S/C18H17FN4/c19-14-8-2-4-10-16(14)21-18-20-15-9-3-1-7-13(15)17(22-18)23-11-5-6-12-23/h1-4,7-10H,5-6,11-12H2,(H,20,21,22). The van der Waals surface area contributed by atoms with Crippen molar-refractivity contribution in [2.24, 2.45) is 0 Å². The topological polar surface area (TPSA) is 41.1 Å². The van der Waals surface area contributed by atoms with Gasteiger partial charge >= 0.3 is 0 Å². The number of fused-ring (bicyclic) bond motifs is 1. The predicted molar refractivity (Wildman–Crippen MR) is 90.7 cm³/mol. The normalized spacial score (nSPS) is 14.4. The van der Waals surface area contributed by atoms with E-state index >= 15 is 0 Å². The molecular formula is C18H17FN4. The van der Waals surface area contributed by atoms with Crippen molar-refractivity contribution < 1.29 is 4.39 Å². The van der Waals surface area contributed by atoms with Crippen molar-refractivity contribution >= 4 is 28.4 Å². The summed E-state index contributed by atoms with van der Waals surface area (Å²) in [6, 6.07) is 14.5. The van der Waals surface area contributed by atoms with Gasteiger partial charge in [0.25, 0.3) is 0 Å². The molecule has 23 heavy (non-hydrogen) atoms. The van der Waals surface area contributed by atoms with Gasteiger partial charge in [-0.05, 0) is 37.1 Å². The maximum atomic E-state index is 13.9. The Kier molecular flexibility index (Phi) is 3.54. The summed E-state index contributed by atoms with van der Waals surface area (Å²) in [7, 11) is 0. The molecular weight excluding hydrogens is 291 g/mol. The quantitative estimate of drug-likeness (QED) is 0.790. The number of aromatic nitrogens is 2. The molecule has 1 aliphatic heterocycles. The van der Waals surface area contributed by atoms with Gasteiger partial charge in [0.1, 0.15) is 11.6 Å². The van der Waals surface area contributed by atoms with Gasteiger partial charge in [0.05, 0.1) is 11.2 Å². The molecule has 1 N–H and O–H groups in total. The zero-order chi connectivity index (χ0) is 15.6. The fourth-order valence-corrected chi connectivity index (χ4v) is 2.97. The van der Waals surface area contributed by atoms with Crippen LogP contribution in [0.5, 0.6) is 0 Å². The highest BCUT2D eigenvalue weighted by Crippen LogP contribution is 2.29. The summed E-state index contributed by atoms with van der Waals surface area (Å²) < 4.78 is 13.9. The second kappa shape index (κ2) is 5.83. The summed E-state index contributed by atoms with van der Waals surface area (Å²) >= 11 is 0. The van der Waals surface area contributed by atoms with E-state index in [2.05, 4.69) is 20.2 Å². The molecule has 0 saturated carbocycles. The maximum Gasteiger partial charge on any atom is 0.229 e. The van der Waals surface area contributed by atoms with Crippen molar-refractivity contribution in [3.8, 4) is 0 Å². The average Bonchev–Trinajstić information content (AvgIpc) is 3.11. The molecule has 2 aromatic carbocycles. The van der Waals surface area contributed by atoms with E-state index in [1.807, 2.05) is 24.3 Å². The van der Waals surface area contributed by atoms with Crippen molar-refractivity contribution in [1.29, 1.82) is 0 Å². The first-order chi connectivity index (χ1) is 11.3. The van der Waals surface area contributed by atoms with Gasteiger partial charge < -0.3 is 10.2 Å². The minimum atomic E-state index is -0.313. The molecule has 2 heterocycles. The van der Waals surface area contributed by atoms with Crippen LogP contribution in [0.25, 0.3) is 10.9 Å². The highest BCUT2D eigenvalue weighted by Gasteiger charge is 2.18. The molecule has 1 saturated heterocycles. The van der Waals surface area contributed by atoms with E-state index in [9.17, 15) is 4.39 Å². The Hall–Kier alpha value is -2.69. The summed E-state index contributed by atoms with van der Waals surface area (Å²) in [4.78, 5) is 11.5. The zero-order valence-electron chi connectivity index (χ0n) is 12.7. The first-order valence-electron chi connectivity index (χ1n) is 7.84. The third kappa shape index (κ3) is 2.70. The number of hydrogen-bond donors (Lipinski definition) is 1. The minimum Gasteiger partial charge on any atom is -0.356 e. The number of para-hydroxylation sites is 2. The number of nitrogens with one attached hydrogen (secondary N) is 1. The van der Waals surface area contributed by atoms with E-state index < -0.39 is 0 Å². The van der Waals surface area contributed by atoms with Gasteiger partial charge in [-0.2, -0.15) is 4.98 Å². The van der Waals surface area contributed by atoms with Crippen molar-refractivity contribution in [2.75, 3.05) is 23.3 Å². The Balaban J connectivity index is 1.79. The minimum absolute atomic E-state index is 0.313. The molecule has 0 aliphatic carbocycles. The fraction of sp³-hybridized carbons (Fsp3) is 0.222. The zero-order valence-corrected chi connectivity index (χ0v) is 12.7. The Bertz CT molecular complexity index is 843. The molecule has 1 aromatic heterocycles. The first kappa shape index (κ1) is 13.9. The molecule has 0 atom stereocenters. The maximum absolute atomic E-state index is 13.9. The molecule has 0 spiro atoms. The van der Waals surface area contributed by atoms with Crippen LogP contribution in [0.15, 0.2) is 48.5 Å². The van der Waals surface area contributed by atoms with Crippen LogP contribution in [0.1, 0.15) is 12.8 Å². The van der Waals surface area contributed by atoms with Gasteiger partial charge in [-0.25, -0.2) is 9.37 Å². The van der Waals surface area contributed by atoms with E-state index in [0.29, 0.717) is 11.6 Å². The summed E-state index contributed by atoms with van der Waals surface area (Å²) in [5.41, 5.74) is 1.25. The van der Waals surface area contributed by atoms with E-state index in [1.165, 1.54) is 18.9 Å². The Morgan fingerprint density at radius 2 is 1.65 bits per heavy atom. The summed E-state index contributed by atoms with van der Waals surface area (Å²) in [5.74, 6) is 1.04. The molecule has 116 valence electrons. The van der Waals surface area contributed by atoms with Crippen LogP contribution >= 0.6 is 0 Å². The van der Waals surface area contributed by atoms with E-state index in [4.69, 9.17) is 0 Å². The summed E-state index contributed by atoms with van der Waals surface area (Å²) in [6.45, 7) is 2.00. The molecule has 0 unspecified atom stereocenters. The van der Waals surface area contributed by atoms with Crippen molar-refractivity contribution in [3.63, 3.8) is 0 Å². The van der Waals surface area contributed by atoms with Crippen LogP contribution in [-0.2, 0) is 0 Å². The number of rotatable bonds is 3. The van der Waals surface area contributed by atoms with Gasteiger partial charge in [0, 0.05) is 18.5 Å². The van der Waals surface area contributed by atoms with Crippen LogP contribution in [0, 0.1) is 5.82 Å². The second-order valence-corrected chi connectivity index (χ2v) is 5.69. The van der Waals surface area contributed by atoms with Crippen molar-refractivity contribution in [3.05, 3.63) is 54.3 Å². The summed E-state index contributed by atoms with van der Waals surface area (Å²) in [6.07, 6.45) is 2.35. The van der Waals surface area contributed by atoms with Crippen LogP contribution < -0.4 is 10.2 Å². The lowest BCUT2D eigenvalue weighted by Gasteiger charge is -2.19. The van der Waals surface area contributed by atoms with Crippen molar-refractivity contribution in [2.45, 2.75) is 12.8 Å². The Labute approximate surface area is 134 Å². The number of anilines is 3. The molecule has 0 amide bonds. The van der Waals surface area contributed by atoms with Gasteiger partial charge in [-0.1, -0.05) is 24.3 Å². The molecule has 1 fully saturated rings. The summed E-state index contributed by atoms with van der Waals surface area (Å²) in [5, 5.41) is 4.04. The first-order valence-corrected chi connectivity index (χ1v) is 7.84. The highest BCUT2D eigenvalue weighted by molar-refractivity contribution is 5.90.